The summed E-state index contributed by atoms with van der Waals surface area (Å²) in [5.74, 6) is 0. The first kappa shape index (κ1) is 12.5. The van der Waals surface area contributed by atoms with Gasteiger partial charge in [0, 0.05) is 13.7 Å². The van der Waals surface area contributed by atoms with E-state index in [9.17, 15) is 0 Å². The zero-order valence-electron chi connectivity index (χ0n) is 10.2. The van der Waals surface area contributed by atoms with Crippen LogP contribution in [0.1, 0.15) is 23.6 Å². The quantitative estimate of drug-likeness (QED) is 0.599. The Hall–Kier alpha value is -0.940. The van der Waals surface area contributed by atoms with Gasteiger partial charge >= 0.3 is 0 Å². The molecule has 4 nitrogen and oxygen atoms in total. The molecule has 2 rings (SSSR count). The topological polar surface area (TPSA) is 42.5 Å². The van der Waals surface area contributed by atoms with Crippen molar-refractivity contribution in [1.82, 2.24) is 10.8 Å². The average Bonchev–Trinajstić information content (AvgIpc) is 2.57. The summed E-state index contributed by atoms with van der Waals surface area (Å²) < 4.78 is 4.95. The molecule has 0 fully saturated rings. The standard InChI is InChI=1S/C13H20N2O2/c1-16-8-9-17-15-13-6-7-14-10-11-4-2-3-5-12(11)13/h2-5,13-15H,6-10H2,1H3. The normalized spacial score (nSPS) is 19.7. The lowest BCUT2D eigenvalue weighted by Crippen LogP contribution is -2.25. The first-order valence-electron chi connectivity index (χ1n) is 6.06. The second kappa shape index (κ2) is 6.71. The van der Waals surface area contributed by atoms with Gasteiger partial charge < -0.3 is 10.1 Å². The van der Waals surface area contributed by atoms with Crippen molar-refractivity contribution in [1.29, 1.82) is 0 Å². The highest BCUT2D eigenvalue weighted by molar-refractivity contribution is 5.30. The first-order valence-corrected chi connectivity index (χ1v) is 6.06. The van der Waals surface area contributed by atoms with Gasteiger partial charge in [-0.25, -0.2) is 0 Å². The van der Waals surface area contributed by atoms with Crippen LogP contribution in [-0.2, 0) is 16.1 Å². The van der Waals surface area contributed by atoms with Gasteiger partial charge in [-0.2, -0.15) is 5.48 Å². The van der Waals surface area contributed by atoms with Crippen molar-refractivity contribution in [2.24, 2.45) is 0 Å². The van der Waals surface area contributed by atoms with Gasteiger partial charge in [0.2, 0.25) is 0 Å². The van der Waals surface area contributed by atoms with Crippen LogP contribution >= 0.6 is 0 Å². The molecule has 0 spiro atoms. The van der Waals surface area contributed by atoms with E-state index in [4.69, 9.17) is 9.57 Å². The Morgan fingerprint density at radius 2 is 2.24 bits per heavy atom. The summed E-state index contributed by atoms with van der Waals surface area (Å²) in [5, 5.41) is 3.41. The van der Waals surface area contributed by atoms with E-state index in [1.165, 1.54) is 11.1 Å². The SMILES string of the molecule is COCCONC1CCNCc2ccccc21. The molecule has 1 aliphatic rings. The van der Waals surface area contributed by atoms with E-state index in [2.05, 4.69) is 35.1 Å². The van der Waals surface area contributed by atoms with Crippen molar-refractivity contribution >= 4 is 0 Å². The third-order valence-corrected chi connectivity index (χ3v) is 2.97. The molecule has 0 bridgehead atoms. The molecule has 0 saturated carbocycles. The van der Waals surface area contributed by atoms with E-state index in [-0.39, 0.29) is 6.04 Å². The number of methoxy groups -OCH3 is 1. The molecule has 1 unspecified atom stereocenters. The summed E-state index contributed by atoms with van der Waals surface area (Å²) in [7, 11) is 1.67. The molecule has 0 amide bonds. The summed E-state index contributed by atoms with van der Waals surface area (Å²) in [4.78, 5) is 5.42. The number of hydrogen-bond donors (Lipinski definition) is 2. The van der Waals surface area contributed by atoms with Gasteiger partial charge in [-0.05, 0) is 24.1 Å². The van der Waals surface area contributed by atoms with Gasteiger partial charge in [0.05, 0.1) is 19.3 Å². The van der Waals surface area contributed by atoms with Crippen LogP contribution in [0.15, 0.2) is 24.3 Å². The van der Waals surface area contributed by atoms with Crippen molar-refractivity contribution in [3.8, 4) is 0 Å². The maximum Gasteiger partial charge on any atom is 0.0916 e. The van der Waals surface area contributed by atoms with Gasteiger partial charge in [-0.15, -0.1) is 0 Å². The molecule has 4 heteroatoms. The van der Waals surface area contributed by atoms with Crippen molar-refractivity contribution in [2.75, 3.05) is 26.9 Å². The fourth-order valence-corrected chi connectivity index (χ4v) is 2.07. The first-order chi connectivity index (χ1) is 8.42. The molecule has 1 aliphatic heterocycles. The maximum atomic E-state index is 5.42. The fourth-order valence-electron chi connectivity index (χ4n) is 2.07. The molecule has 0 saturated heterocycles. The maximum absolute atomic E-state index is 5.42. The minimum atomic E-state index is 0.262. The molecule has 94 valence electrons. The van der Waals surface area contributed by atoms with Crippen LogP contribution in [0.25, 0.3) is 0 Å². The molecule has 17 heavy (non-hydrogen) atoms. The van der Waals surface area contributed by atoms with Crippen LogP contribution in [0.4, 0.5) is 0 Å². The van der Waals surface area contributed by atoms with Crippen molar-refractivity contribution < 1.29 is 9.57 Å². The molecule has 1 heterocycles. The predicted molar refractivity (Wildman–Crippen MR) is 66.5 cm³/mol. The number of nitrogens with one attached hydrogen (secondary N) is 2. The Labute approximate surface area is 102 Å². The molecule has 1 aromatic carbocycles. The molecule has 1 atom stereocenters. The number of ether oxygens (including phenoxy) is 1. The number of fused-ring (bicyclic) bond motifs is 1. The van der Waals surface area contributed by atoms with E-state index in [1.807, 2.05) is 0 Å². The van der Waals surface area contributed by atoms with Gasteiger partial charge in [-0.3, -0.25) is 4.84 Å². The fraction of sp³-hybridized carbons (Fsp3) is 0.538. The van der Waals surface area contributed by atoms with Crippen molar-refractivity contribution in [2.45, 2.75) is 19.0 Å². The number of hydrogen-bond acceptors (Lipinski definition) is 4. The molecule has 1 aromatic rings. The smallest absolute Gasteiger partial charge is 0.0916 e. The second-order valence-electron chi connectivity index (χ2n) is 4.18. The summed E-state index contributed by atoms with van der Waals surface area (Å²) in [6.45, 7) is 3.12. The van der Waals surface area contributed by atoms with E-state index in [0.29, 0.717) is 13.2 Å². The molecule has 0 aromatic heterocycles. The van der Waals surface area contributed by atoms with Crippen LogP contribution in [0.3, 0.4) is 0 Å². The zero-order valence-corrected chi connectivity index (χ0v) is 10.2. The highest BCUT2D eigenvalue weighted by Gasteiger charge is 2.17. The van der Waals surface area contributed by atoms with Gasteiger partial charge in [0.15, 0.2) is 0 Å². The van der Waals surface area contributed by atoms with Crippen molar-refractivity contribution in [3.05, 3.63) is 35.4 Å². The minimum absolute atomic E-state index is 0.262. The Balaban J connectivity index is 1.97. The highest BCUT2D eigenvalue weighted by atomic mass is 16.7. The summed E-state index contributed by atoms with van der Waals surface area (Å²) in [6, 6.07) is 8.75. The largest absolute Gasteiger partial charge is 0.382 e. The van der Waals surface area contributed by atoms with E-state index < -0.39 is 0 Å². The average molecular weight is 236 g/mol. The lowest BCUT2D eigenvalue weighted by atomic mass is 10.0. The third-order valence-electron chi connectivity index (χ3n) is 2.97. The van der Waals surface area contributed by atoms with Gasteiger partial charge in [0.1, 0.15) is 0 Å². The molecular weight excluding hydrogens is 216 g/mol. The monoisotopic (exact) mass is 236 g/mol. The minimum Gasteiger partial charge on any atom is -0.382 e. The van der Waals surface area contributed by atoms with Crippen LogP contribution < -0.4 is 10.8 Å². The molecular formula is C13H20N2O2. The van der Waals surface area contributed by atoms with E-state index in [0.717, 1.165) is 19.5 Å². The van der Waals surface area contributed by atoms with Crippen LogP contribution in [0.5, 0.6) is 0 Å². The Kier molecular flexibility index (Phi) is 4.94. The van der Waals surface area contributed by atoms with Gasteiger partial charge in [-0.1, -0.05) is 24.3 Å². The number of hydroxylamine groups is 1. The van der Waals surface area contributed by atoms with Crippen LogP contribution in [-0.4, -0.2) is 26.9 Å². The second-order valence-corrected chi connectivity index (χ2v) is 4.18. The van der Waals surface area contributed by atoms with E-state index >= 15 is 0 Å². The molecule has 2 N–H and O–H groups in total. The Morgan fingerprint density at radius 3 is 3.12 bits per heavy atom. The van der Waals surface area contributed by atoms with Crippen LogP contribution in [0, 0.1) is 0 Å². The summed E-state index contributed by atoms with van der Waals surface area (Å²) in [5.41, 5.74) is 5.81. The Morgan fingerprint density at radius 1 is 1.35 bits per heavy atom. The van der Waals surface area contributed by atoms with Crippen LogP contribution in [0.2, 0.25) is 0 Å². The summed E-state index contributed by atoms with van der Waals surface area (Å²) in [6.07, 6.45) is 1.03. The lowest BCUT2D eigenvalue weighted by molar-refractivity contribution is -0.0135. The predicted octanol–water partition coefficient (Wildman–Crippen LogP) is 1.39. The third kappa shape index (κ3) is 3.51. The van der Waals surface area contributed by atoms with Gasteiger partial charge in [0.25, 0.3) is 0 Å². The molecule has 0 radical (unpaired) electrons. The summed E-state index contributed by atoms with van der Waals surface area (Å²) >= 11 is 0. The highest BCUT2D eigenvalue weighted by Crippen LogP contribution is 2.23. The Bertz CT molecular complexity index is 344. The number of benzene rings is 1. The molecule has 0 aliphatic carbocycles. The van der Waals surface area contributed by atoms with E-state index in [1.54, 1.807) is 7.11 Å². The van der Waals surface area contributed by atoms with Crippen molar-refractivity contribution in [3.63, 3.8) is 0 Å². The lowest BCUT2D eigenvalue weighted by Gasteiger charge is -2.18. The zero-order chi connectivity index (χ0) is 11.9. The number of rotatable bonds is 5.